The highest BCUT2D eigenvalue weighted by molar-refractivity contribution is 6.08. The Kier molecular flexibility index (Phi) is 3.94. The fraction of sp³-hybridized carbons (Fsp3) is 0.316. The van der Waals surface area contributed by atoms with E-state index in [1.165, 1.54) is 16.8 Å². The number of nitrogens with zero attached hydrogens (tertiary/aromatic N) is 2. The molecule has 2 aliphatic rings. The number of benzene rings is 2. The van der Waals surface area contributed by atoms with Crippen LogP contribution in [0.25, 0.3) is 0 Å². The molecule has 0 aliphatic carbocycles. The number of fused-ring (bicyclic) bond motifs is 1. The highest BCUT2D eigenvalue weighted by Crippen LogP contribution is 2.51. The molecule has 124 valence electrons. The SMILES string of the molecule is CCCC1N=C(c2ccccc2)C2C(c3ccc([NH+]([O-])O)cc3)N12. The molecule has 4 rings (SSSR count). The third kappa shape index (κ3) is 2.56. The van der Waals surface area contributed by atoms with E-state index in [2.05, 4.69) is 24.0 Å². The molecule has 2 N–H and O–H groups in total. The zero-order valence-electron chi connectivity index (χ0n) is 13.6. The van der Waals surface area contributed by atoms with Gasteiger partial charge in [0.05, 0.1) is 17.8 Å². The highest BCUT2D eigenvalue weighted by Gasteiger charge is 2.58. The largest absolute Gasteiger partial charge is 0.595 e. The molecule has 2 aliphatic heterocycles. The third-order valence-corrected chi connectivity index (χ3v) is 4.88. The van der Waals surface area contributed by atoms with Gasteiger partial charge in [0.25, 0.3) is 0 Å². The molecule has 0 radical (unpaired) electrons. The van der Waals surface area contributed by atoms with E-state index in [4.69, 9.17) is 10.2 Å². The second kappa shape index (κ2) is 6.11. The standard InChI is InChI=1S/C19H21N3O2/c1-2-6-16-20-17(13-7-4-3-5-8-13)19-18(21(16)19)14-9-11-15(12-10-14)22(23)24/h3-5,7-12,16,18-19,22-23H,2,6H2,1H3. The summed E-state index contributed by atoms with van der Waals surface area (Å²) >= 11 is 0. The first kappa shape index (κ1) is 15.5. The fourth-order valence-electron chi connectivity index (χ4n) is 3.72. The number of hydrogen-bond acceptors (Lipinski definition) is 4. The zero-order valence-corrected chi connectivity index (χ0v) is 13.6. The average Bonchev–Trinajstić information content (AvgIpc) is 3.24. The van der Waals surface area contributed by atoms with Crippen LogP contribution in [0, 0.1) is 5.21 Å². The maximum atomic E-state index is 11.0. The van der Waals surface area contributed by atoms with Crippen LogP contribution in [0.2, 0.25) is 0 Å². The molecule has 0 amide bonds. The summed E-state index contributed by atoms with van der Waals surface area (Å²) in [4.78, 5) is 7.39. The molecule has 5 unspecified atom stereocenters. The Morgan fingerprint density at radius 1 is 1.08 bits per heavy atom. The van der Waals surface area contributed by atoms with E-state index >= 15 is 0 Å². The summed E-state index contributed by atoms with van der Waals surface area (Å²) in [6.45, 7) is 2.19. The van der Waals surface area contributed by atoms with Crippen LogP contribution in [-0.4, -0.2) is 28.0 Å². The number of rotatable bonds is 5. The van der Waals surface area contributed by atoms with E-state index in [1.807, 2.05) is 30.3 Å². The lowest BCUT2D eigenvalue weighted by Gasteiger charge is -2.14. The van der Waals surface area contributed by atoms with Gasteiger partial charge in [-0.1, -0.05) is 55.8 Å². The average molecular weight is 323 g/mol. The van der Waals surface area contributed by atoms with E-state index in [9.17, 15) is 5.21 Å². The van der Waals surface area contributed by atoms with Crippen molar-refractivity contribution >= 4 is 11.4 Å². The van der Waals surface area contributed by atoms with Crippen LogP contribution >= 0.6 is 0 Å². The van der Waals surface area contributed by atoms with Gasteiger partial charge in [-0.2, -0.15) is 5.23 Å². The van der Waals surface area contributed by atoms with Crippen LogP contribution in [0.4, 0.5) is 5.69 Å². The zero-order chi connectivity index (χ0) is 16.7. The predicted octanol–water partition coefficient (Wildman–Crippen LogP) is 2.44. The van der Waals surface area contributed by atoms with Crippen LogP contribution in [0.5, 0.6) is 0 Å². The summed E-state index contributed by atoms with van der Waals surface area (Å²) in [6.07, 6.45) is 2.39. The molecule has 1 saturated heterocycles. The Morgan fingerprint density at radius 3 is 2.42 bits per heavy atom. The Morgan fingerprint density at radius 2 is 1.79 bits per heavy atom. The molecule has 1 fully saturated rings. The molecule has 5 heteroatoms. The van der Waals surface area contributed by atoms with Crippen LogP contribution < -0.4 is 5.23 Å². The van der Waals surface area contributed by atoms with Gasteiger partial charge in [-0.05, 0) is 17.5 Å². The van der Waals surface area contributed by atoms with Crippen LogP contribution in [-0.2, 0) is 0 Å². The van der Waals surface area contributed by atoms with Crippen molar-refractivity contribution in [2.24, 2.45) is 4.99 Å². The minimum Gasteiger partial charge on any atom is -0.595 e. The van der Waals surface area contributed by atoms with Gasteiger partial charge in [-0.3, -0.25) is 9.89 Å². The Balaban J connectivity index is 1.62. The summed E-state index contributed by atoms with van der Waals surface area (Å²) in [5.74, 6) is 0. The van der Waals surface area contributed by atoms with E-state index < -0.39 is 5.23 Å². The summed E-state index contributed by atoms with van der Waals surface area (Å²) in [5, 5.41) is 19.2. The van der Waals surface area contributed by atoms with E-state index in [0.29, 0.717) is 17.8 Å². The lowest BCUT2D eigenvalue weighted by atomic mass is 10.0. The van der Waals surface area contributed by atoms with Gasteiger partial charge in [-0.25, -0.2) is 5.21 Å². The molecule has 0 spiro atoms. The van der Waals surface area contributed by atoms with Gasteiger partial charge >= 0.3 is 0 Å². The maximum absolute atomic E-state index is 11.0. The molecule has 0 aromatic heterocycles. The lowest BCUT2D eigenvalue weighted by Crippen LogP contribution is -2.99. The van der Waals surface area contributed by atoms with Crippen molar-refractivity contribution in [3.8, 4) is 0 Å². The molecular formula is C19H21N3O2. The number of hydrogen-bond donors (Lipinski definition) is 2. The number of nitrogens with one attached hydrogen (secondary N) is 1. The maximum Gasteiger partial charge on any atom is 0.163 e. The highest BCUT2D eigenvalue weighted by atomic mass is 16.8. The molecule has 2 heterocycles. The first-order valence-electron chi connectivity index (χ1n) is 8.44. The second-order valence-corrected chi connectivity index (χ2v) is 6.41. The summed E-state index contributed by atoms with van der Waals surface area (Å²) in [6, 6.07) is 18.3. The second-order valence-electron chi connectivity index (χ2n) is 6.41. The summed E-state index contributed by atoms with van der Waals surface area (Å²) in [7, 11) is 0. The molecular weight excluding hydrogens is 302 g/mol. The first-order chi connectivity index (χ1) is 11.7. The van der Waals surface area contributed by atoms with Crippen LogP contribution in [0.3, 0.4) is 0 Å². The Labute approximate surface area is 141 Å². The lowest BCUT2D eigenvalue weighted by molar-refractivity contribution is -0.991. The predicted molar refractivity (Wildman–Crippen MR) is 92.3 cm³/mol. The van der Waals surface area contributed by atoms with Crippen LogP contribution in [0.1, 0.15) is 36.9 Å². The number of aliphatic imine (C=N–C) groups is 1. The van der Waals surface area contributed by atoms with Gasteiger partial charge in [0.15, 0.2) is 5.69 Å². The third-order valence-electron chi connectivity index (χ3n) is 4.88. The molecule has 0 bridgehead atoms. The summed E-state index contributed by atoms with van der Waals surface area (Å²) in [5.41, 5.74) is 3.87. The Bertz CT molecular complexity index is 743. The van der Waals surface area contributed by atoms with Gasteiger partial charge in [-0.15, -0.1) is 0 Å². The van der Waals surface area contributed by atoms with Gasteiger partial charge in [0.2, 0.25) is 0 Å². The van der Waals surface area contributed by atoms with Crippen molar-refractivity contribution < 1.29 is 10.4 Å². The Hall–Kier alpha value is -2.05. The molecule has 0 saturated carbocycles. The minimum absolute atomic E-state index is 0.236. The quantitative estimate of drug-likeness (QED) is 0.656. The van der Waals surface area contributed by atoms with Crippen molar-refractivity contribution in [3.63, 3.8) is 0 Å². The molecule has 5 atom stereocenters. The fourth-order valence-corrected chi connectivity index (χ4v) is 3.72. The molecule has 24 heavy (non-hydrogen) atoms. The number of quaternary nitrogens is 1. The normalized spacial score (nSPS) is 29.0. The summed E-state index contributed by atoms with van der Waals surface area (Å²) < 4.78 is 0. The van der Waals surface area contributed by atoms with Gasteiger partial charge in [0, 0.05) is 12.1 Å². The van der Waals surface area contributed by atoms with E-state index in [1.54, 1.807) is 12.1 Å². The van der Waals surface area contributed by atoms with Crippen molar-refractivity contribution in [1.29, 1.82) is 0 Å². The molecule has 2 aromatic carbocycles. The van der Waals surface area contributed by atoms with Gasteiger partial charge in [0.1, 0.15) is 6.17 Å². The van der Waals surface area contributed by atoms with Crippen LogP contribution in [0.15, 0.2) is 59.6 Å². The molecule has 2 aromatic rings. The molecule has 5 nitrogen and oxygen atoms in total. The van der Waals surface area contributed by atoms with Crippen molar-refractivity contribution in [2.45, 2.75) is 38.0 Å². The smallest absolute Gasteiger partial charge is 0.163 e. The topological polar surface area (TPSA) is 63.1 Å². The van der Waals surface area contributed by atoms with E-state index in [0.717, 1.165) is 12.8 Å². The minimum atomic E-state index is -0.881. The van der Waals surface area contributed by atoms with Crippen molar-refractivity contribution in [3.05, 3.63) is 70.9 Å². The van der Waals surface area contributed by atoms with Gasteiger partial charge < -0.3 is 5.21 Å². The first-order valence-corrected chi connectivity index (χ1v) is 8.44. The van der Waals surface area contributed by atoms with E-state index in [-0.39, 0.29) is 6.17 Å². The van der Waals surface area contributed by atoms with Crippen molar-refractivity contribution in [1.82, 2.24) is 4.90 Å². The monoisotopic (exact) mass is 323 g/mol. The van der Waals surface area contributed by atoms with Crippen molar-refractivity contribution in [2.75, 3.05) is 0 Å².